The number of hydrogen-bond donors (Lipinski definition) is 0. The van der Waals surface area contributed by atoms with Crippen molar-refractivity contribution in [2.24, 2.45) is 17.8 Å². The van der Waals surface area contributed by atoms with Crippen molar-refractivity contribution in [3.63, 3.8) is 0 Å². The first kappa shape index (κ1) is 18.4. The molecule has 1 atom stereocenters. The highest BCUT2D eigenvalue weighted by molar-refractivity contribution is 8.00. The van der Waals surface area contributed by atoms with Crippen molar-refractivity contribution in [1.29, 1.82) is 0 Å². The van der Waals surface area contributed by atoms with Crippen molar-refractivity contribution in [3.05, 3.63) is 41.3 Å². The number of hydrogen-bond acceptors (Lipinski definition) is 5. The van der Waals surface area contributed by atoms with E-state index in [9.17, 15) is 4.79 Å². The number of benzene rings is 1. The van der Waals surface area contributed by atoms with Crippen LogP contribution in [0.5, 0.6) is 0 Å². The van der Waals surface area contributed by atoms with Gasteiger partial charge in [-0.1, -0.05) is 43.0 Å². The number of Topliss-reactive ketones (excluding diaryl/α,β-unsaturated/α-hetero) is 1. The molecule has 0 aliphatic heterocycles. The summed E-state index contributed by atoms with van der Waals surface area (Å²) >= 11 is 1.39. The summed E-state index contributed by atoms with van der Waals surface area (Å²) in [6.45, 7) is 4.04. The van der Waals surface area contributed by atoms with Crippen molar-refractivity contribution in [1.82, 2.24) is 10.2 Å². The molecule has 28 heavy (non-hydrogen) atoms. The van der Waals surface area contributed by atoms with Gasteiger partial charge in [0.15, 0.2) is 5.78 Å². The Bertz CT molecular complexity index is 838. The lowest BCUT2D eigenvalue weighted by Crippen LogP contribution is -2.48. The van der Waals surface area contributed by atoms with Crippen molar-refractivity contribution < 1.29 is 9.21 Å². The number of thioether (sulfide) groups is 1. The fraction of sp³-hybridized carbons (Fsp3) is 0.609. The number of rotatable bonds is 6. The van der Waals surface area contributed by atoms with Crippen LogP contribution in [0.4, 0.5) is 0 Å². The standard InChI is InChI=1S/C23H28N2O2S/c1-3-15-4-6-19(7-5-15)20(26)14(2)28-22-25-24-21(27-22)23-11-16-8-17(12-23)10-18(9-16)13-23/h4-7,14,16-18H,3,8-13H2,1-2H3/t14-,16?,17?,18?,23?/m1/s1. The molecule has 4 aliphatic carbocycles. The molecule has 0 unspecified atom stereocenters. The number of ketones is 1. The summed E-state index contributed by atoms with van der Waals surface area (Å²) in [5, 5.41) is 9.08. The lowest BCUT2D eigenvalue weighted by Gasteiger charge is -2.55. The second-order valence-electron chi connectivity index (χ2n) is 9.25. The minimum Gasteiger partial charge on any atom is -0.415 e. The molecular formula is C23H28N2O2S. The molecule has 0 N–H and O–H groups in total. The molecular weight excluding hydrogens is 368 g/mol. The molecule has 6 rings (SSSR count). The van der Waals surface area contributed by atoms with E-state index in [1.54, 1.807) is 0 Å². The molecule has 0 spiro atoms. The summed E-state index contributed by atoms with van der Waals surface area (Å²) < 4.78 is 6.15. The first-order valence-corrected chi connectivity index (χ1v) is 11.6. The molecule has 4 aliphatic rings. The molecule has 0 saturated heterocycles. The summed E-state index contributed by atoms with van der Waals surface area (Å²) in [5.74, 6) is 3.49. The van der Waals surface area contributed by atoms with Gasteiger partial charge < -0.3 is 4.42 Å². The SMILES string of the molecule is CCc1ccc(C(=O)[C@@H](C)Sc2nnc(C34CC5CC(CC(C5)C3)C4)o2)cc1. The average Bonchev–Trinajstić information content (AvgIpc) is 3.16. The van der Waals surface area contributed by atoms with Gasteiger partial charge in [0.25, 0.3) is 5.22 Å². The Morgan fingerprint density at radius 1 is 1.11 bits per heavy atom. The van der Waals surface area contributed by atoms with E-state index in [0.29, 0.717) is 5.22 Å². The monoisotopic (exact) mass is 396 g/mol. The van der Waals surface area contributed by atoms with E-state index >= 15 is 0 Å². The molecule has 0 radical (unpaired) electrons. The van der Waals surface area contributed by atoms with Crippen LogP contribution in [0.2, 0.25) is 0 Å². The maximum absolute atomic E-state index is 12.8. The molecule has 4 nitrogen and oxygen atoms in total. The van der Waals surface area contributed by atoms with Crippen LogP contribution in [-0.2, 0) is 11.8 Å². The van der Waals surface area contributed by atoms with Gasteiger partial charge in [0.1, 0.15) is 0 Å². The zero-order valence-corrected chi connectivity index (χ0v) is 17.5. The van der Waals surface area contributed by atoms with Crippen LogP contribution >= 0.6 is 11.8 Å². The normalized spacial score (nSPS) is 31.9. The van der Waals surface area contributed by atoms with E-state index in [4.69, 9.17) is 4.42 Å². The van der Waals surface area contributed by atoms with Gasteiger partial charge >= 0.3 is 0 Å². The Hall–Kier alpha value is -1.62. The second kappa shape index (κ2) is 7.01. The highest BCUT2D eigenvalue weighted by Crippen LogP contribution is 2.60. The predicted octanol–water partition coefficient (Wildman–Crippen LogP) is 5.46. The van der Waals surface area contributed by atoms with Gasteiger partial charge in [-0.2, -0.15) is 0 Å². The summed E-state index contributed by atoms with van der Waals surface area (Å²) in [4.78, 5) is 12.8. The van der Waals surface area contributed by atoms with Gasteiger partial charge in [0.05, 0.1) is 5.25 Å². The molecule has 4 saturated carbocycles. The van der Waals surface area contributed by atoms with Crippen molar-refractivity contribution in [2.45, 2.75) is 74.7 Å². The minimum absolute atomic E-state index is 0.113. The largest absolute Gasteiger partial charge is 0.415 e. The molecule has 4 bridgehead atoms. The van der Waals surface area contributed by atoms with E-state index in [1.165, 1.54) is 55.9 Å². The Kier molecular flexibility index (Phi) is 4.61. The quantitative estimate of drug-likeness (QED) is 0.479. The Labute approximate surface area is 170 Å². The molecule has 0 amide bonds. The zero-order valence-electron chi connectivity index (χ0n) is 16.7. The summed E-state index contributed by atoms with van der Waals surface area (Å²) in [5.41, 5.74) is 2.11. The van der Waals surface area contributed by atoms with Crippen LogP contribution in [0.25, 0.3) is 0 Å². The number of aromatic nitrogens is 2. The fourth-order valence-corrected chi connectivity index (χ4v) is 6.95. The van der Waals surface area contributed by atoms with Gasteiger partial charge in [-0.05, 0) is 75.2 Å². The molecule has 4 fully saturated rings. The molecule has 1 aromatic heterocycles. The number of carbonyl (C=O) groups is 1. The Morgan fingerprint density at radius 2 is 1.71 bits per heavy atom. The van der Waals surface area contributed by atoms with Gasteiger partial charge in [0, 0.05) is 11.0 Å². The van der Waals surface area contributed by atoms with Crippen molar-refractivity contribution >= 4 is 17.5 Å². The van der Waals surface area contributed by atoms with E-state index in [1.807, 2.05) is 31.2 Å². The Morgan fingerprint density at radius 3 is 2.29 bits per heavy atom. The first-order chi connectivity index (χ1) is 13.5. The zero-order chi connectivity index (χ0) is 19.3. The van der Waals surface area contributed by atoms with Crippen LogP contribution in [-0.4, -0.2) is 21.2 Å². The van der Waals surface area contributed by atoms with Crippen LogP contribution in [0.15, 0.2) is 33.9 Å². The average molecular weight is 397 g/mol. The van der Waals surface area contributed by atoms with Crippen LogP contribution < -0.4 is 0 Å². The molecule has 1 aromatic carbocycles. The highest BCUT2D eigenvalue weighted by Gasteiger charge is 2.54. The van der Waals surface area contributed by atoms with Gasteiger partial charge in [-0.3, -0.25) is 4.79 Å². The predicted molar refractivity (Wildman–Crippen MR) is 110 cm³/mol. The first-order valence-electron chi connectivity index (χ1n) is 10.7. The summed E-state index contributed by atoms with van der Waals surface area (Å²) in [6.07, 6.45) is 8.82. The van der Waals surface area contributed by atoms with E-state index in [0.717, 1.165) is 35.6 Å². The summed E-state index contributed by atoms with van der Waals surface area (Å²) in [7, 11) is 0. The van der Waals surface area contributed by atoms with Crippen LogP contribution in [0, 0.1) is 17.8 Å². The highest BCUT2D eigenvalue weighted by atomic mass is 32.2. The molecule has 5 heteroatoms. The lowest BCUT2D eigenvalue weighted by atomic mass is 9.49. The van der Waals surface area contributed by atoms with Gasteiger partial charge in [-0.15, -0.1) is 10.2 Å². The second-order valence-corrected chi connectivity index (χ2v) is 10.5. The number of nitrogens with zero attached hydrogens (tertiary/aromatic N) is 2. The van der Waals surface area contributed by atoms with Gasteiger partial charge in [-0.25, -0.2) is 0 Å². The molecule has 2 aromatic rings. The van der Waals surface area contributed by atoms with Gasteiger partial charge in [0.2, 0.25) is 5.89 Å². The minimum atomic E-state index is -0.239. The number of carbonyl (C=O) groups excluding carboxylic acids is 1. The lowest BCUT2D eigenvalue weighted by molar-refractivity contribution is -0.0191. The maximum atomic E-state index is 12.8. The third-order valence-electron chi connectivity index (χ3n) is 7.19. The van der Waals surface area contributed by atoms with Crippen molar-refractivity contribution in [3.8, 4) is 0 Å². The Balaban J connectivity index is 1.29. The van der Waals surface area contributed by atoms with E-state index < -0.39 is 0 Å². The summed E-state index contributed by atoms with van der Waals surface area (Å²) in [6, 6.07) is 7.91. The smallest absolute Gasteiger partial charge is 0.277 e. The number of aryl methyl sites for hydroxylation is 1. The maximum Gasteiger partial charge on any atom is 0.277 e. The van der Waals surface area contributed by atoms with E-state index in [2.05, 4.69) is 17.1 Å². The van der Waals surface area contributed by atoms with E-state index in [-0.39, 0.29) is 16.4 Å². The third-order valence-corrected chi connectivity index (χ3v) is 8.13. The van der Waals surface area contributed by atoms with Crippen molar-refractivity contribution in [2.75, 3.05) is 0 Å². The third kappa shape index (κ3) is 3.22. The molecule has 1 heterocycles. The van der Waals surface area contributed by atoms with Crippen LogP contribution in [0.1, 0.15) is 74.2 Å². The fourth-order valence-electron chi connectivity index (χ4n) is 6.19. The topological polar surface area (TPSA) is 56.0 Å². The van der Waals surface area contributed by atoms with Crippen LogP contribution in [0.3, 0.4) is 0 Å². The molecule has 148 valence electrons.